The summed E-state index contributed by atoms with van der Waals surface area (Å²) < 4.78 is 0. The van der Waals surface area contributed by atoms with Gasteiger partial charge in [0.1, 0.15) is 0 Å². The van der Waals surface area contributed by atoms with Gasteiger partial charge in [-0.25, -0.2) is 0 Å². The SMILES string of the molecule is NNc1cnccc1C(=O)Nc1c(Cl)cccc1Cl. The van der Waals surface area contributed by atoms with Crippen LogP contribution in [0.4, 0.5) is 11.4 Å². The lowest BCUT2D eigenvalue weighted by Gasteiger charge is -2.11. The summed E-state index contributed by atoms with van der Waals surface area (Å²) in [6.07, 6.45) is 2.94. The molecule has 0 spiro atoms. The largest absolute Gasteiger partial charge is 0.322 e. The maximum absolute atomic E-state index is 12.1. The summed E-state index contributed by atoms with van der Waals surface area (Å²) >= 11 is 12.0. The Hall–Kier alpha value is -1.82. The lowest BCUT2D eigenvalue weighted by molar-refractivity contribution is 0.102. The number of carbonyl (C=O) groups excluding carboxylic acids is 1. The van der Waals surface area contributed by atoms with E-state index in [1.807, 2.05) is 0 Å². The number of benzene rings is 1. The average Bonchev–Trinajstić information content (AvgIpc) is 2.42. The average molecular weight is 297 g/mol. The van der Waals surface area contributed by atoms with Gasteiger partial charge < -0.3 is 10.7 Å². The van der Waals surface area contributed by atoms with Crippen molar-refractivity contribution < 1.29 is 4.79 Å². The number of nitrogens with one attached hydrogen (secondary N) is 2. The maximum atomic E-state index is 12.1. The van der Waals surface area contributed by atoms with E-state index in [1.165, 1.54) is 18.5 Å². The van der Waals surface area contributed by atoms with Crippen molar-refractivity contribution in [3.63, 3.8) is 0 Å². The molecule has 0 unspecified atom stereocenters. The minimum absolute atomic E-state index is 0.341. The highest BCUT2D eigenvalue weighted by Gasteiger charge is 2.14. The first-order valence-corrected chi connectivity index (χ1v) is 6.05. The van der Waals surface area contributed by atoms with Gasteiger partial charge in [0.2, 0.25) is 0 Å². The van der Waals surface area contributed by atoms with Gasteiger partial charge in [-0.3, -0.25) is 15.6 Å². The fourth-order valence-corrected chi connectivity index (χ4v) is 2.00. The predicted octanol–water partition coefficient (Wildman–Crippen LogP) is 2.93. The van der Waals surface area contributed by atoms with E-state index in [1.54, 1.807) is 18.2 Å². The van der Waals surface area contributed by atoms with Gasteiger partial charge in [0, 0.05) is 6.20 Å². The number of nitrogens with zero attached hydrogens (tertiary/aromatic N) is 1. The first-order valence-electron chi connectivity index (χ1n) is 5.29. The molecule has 4 N–H and O–H groups in total. The second-order valence-corrected chi connectivity index (χ2v) is 4.43. The number of carbonyl (C=O) groups is 1. The van der Waals surface area contributed by atoms with Crippen molar-refractivity contribution in [3.05, 3.63) is 52.3 Å². The summed E-state index contributed by atoms with van der Waals surface area (Å²) in [7, 11) is 0. The Kier molecular flexibility index (Phi) is 4.21. The van der Waals surface area contributed by atoms with Crippen LogP contribution in [0.5, 0.6) is 0 Å². The van der Waals surface area contributed by atoms with E-state index in [0.29, 0.717) is 27.0 Å². The van der Waals surface area contributed by atoms with Gasteiger partial charge in [0.05, 0.1) is 33.2 Å². The molecular formula is C12H10Cl2N4O. The van der Waals surface area contributed by atoms with Crippen LogP contribution in [0, 0.1) is 0 Å². The van der Waals surface area contributed by atoms with Gasteiger partial charge in [0.25, 0.3) is 5.91 Å². The first kappa shape index (κ1) is 13.6. The van der Waals surface area contributed by atoms with Crippen molar-refractivity contribution in [1.29, 1.82) is 0 Å². The van der Waals surface area contributed by atoms with E-state index in [9.17, 15) is 4.79 Å². The summed E-state index contributed by atoms with van der Waals surface area (Å²) in [6.45, 7) is 0. The molecule has 0 fully saturated rings. The summed E-state index contributed by atoms with van der Waals surface area (Å²) in [6, 6.07) is 6.50. The number of hydrogen-bond acceptors (Lipinski definition) is 4. The number of hydrazine groups is 1. The van der Waals surface area contributed by atoms with Crippen molar-refractivity contribution in [2.75, 3.05) is 10.7 Å². The summed E-state index contributed by atoms with van der Waals surface area (Å²) in [4.78, 5) is 16.0. The van der Waals surface area contributed by atoms with Gasteiger partial charge in [-0.1, -0.05) is 29.3 Å². The van der Waals surface area contributed by atoms with Crippen LogP contribution in [-0.2, 0) is 0 Å². The van der Waals surface area contributed by atoms with Crippen LogP contribution in [0.2, 0.25) is 10.0 Å². The van der Waals surface area contributed by atoms with Crippen LogP contribution in [0.25, 0.3) is 0 Å². The van der Waals surface area contributed by atoms with Gasteiger partial charge in [0.15, 0.2) is 0 Å². The van der Waals surface area contributed by atoms with Crippen LogP contribution < -0.4 is 16.6 Å². The van der Waals surface area contributed by atoms with Gasteiger partial charge in [-0.05, 0) is 18.2 Å². The number of nitrogens with two attached hydrogens (primary N) is 1. The van der Waals surface area contributed by atoms with E-state index in [2.05, 4.69) is 15.7 Å². The number of pyridine rings is 1. The third-order valence-corrected chi connectivity index (χ3v) is 3.05. The molecule has 0 aliphatic carbocycles. The molecule has 1 aromatic carbocycles. The highest BCUT2D eigenvalue weighted by atomic mass is 35.5. The number of hydrogen-bond donors (Lipinski definition) is 3. The molecule has 19 heavy (non-hydrogen) atoms. The normalized spacial score (nSPS) is 10.1. The summed E-state index contributed by atoms with van der Waals surface area (Å²) in [5.41, 5.74) is 3.51. The zero-order valence-electron chi connectivity index (χ0n) is 9.65. The number of nitrogen functional groups attached to an aromatic ring is 1. The zero-order chi connectivity index (χ0) is 13.8. The number of aromatic nitrogens is 1. The van der Waals surface area contributed by atoms with E-state index in [4.69, 9.17) is 29.0 Å². The third kappa shape index (κ3) is 2.96. The maximum Gasteiger partial charge on any atom is 0.258 e. The molecule has 0 saturated heterocycles. The van der Waals surface area contributed by atoms with E-state index in [-0.39, 0.29) is 5.91 Å². The second-order valence-electron chi connectivity index (χ2n) is 3.62. The molecule has 0 radical (unpaired) electrons. The van der Waals surface area contributed by atoms with Gasteiger partial charge in [-0.2, -0.15) is 0 Å². The molecule has 0 atom stereocenters. The molecule has 1 aromatic heterocycles. The lowest BCUT2D eigenvalue weighted by Crippen LogP contribution is -2.17. The Bertz CT molecular complexity index is 598. The minimum Gasteiger partial charge on any atom is -0.322 e. The molecule has 0 aliphatic rings. The molecule has 2 aromatic rings. The Morgan fingerprint density at radius 3 is 2.53 bits per heavy atom. The number of amides is 1. The smallest absolute Gasteiger partial charge is 0.258 e. The molecule has 1 amide bonds. The molecule has 2 rings (SSSR count). The van der Waals surface area contributed by atoms with Crippen molar-refractivity contribution in [1.82, 2.24) is 4.98 Å². The van der Waals surface area contributed by atoms with E-state index in [0.717, 1.165) is 0 Å². The Morgan fingerprint density at radius 2 is 1.89 bits per heavy atom. The van der Waals surface area contributed by atoms with Crippen molar-refractivity contribution in [2.45, 2.75) is 0 Å². The molecule has 1 heterocycles. The van der Waals surface area contributed by atoms with Crippen LogP contribution in [-0.4, -0.2) is 10.9 Å². The monoisotopic (exact) mass is 296 g/mol. The summed E-state index contributed by atoms with van der Waals surface area (Å²) in [5.74, 6) is 4.94. The Balaban J connectivity index is 2.31. The number of rotatable bonds is 3. The van der Waals surface area contributed by atoms with Crippen LogP contribution in [0.1, 0.15) is 10.4 Å². The molecule has 98 valence electrons. The van der Waals surface area contributed by atoms with Crippen LogP contribution in [0.15, 0.2) is 36.7 Å². The quantitative estimate of drug-likeness (QED) is 0.601. The van der Waals surface area contributed by atoms with E-state index >= 15 is 0 Å². The highest BCUT2D eigenvalue weighted by molar-refractivity contribution is 6.40. The lowest BCUT2D eigenvalue weighted by atomic mass is 10.2. The van der Waals surface area contributed by atoms with Gasteiger partial charge >= 0.3 is 0 Å². The topological polar surface area (TPSA) is 80.0 Å². The fraction of sp³-hybridized carbons (Fsp3) is 0. The molecule has 5 nitrogen and oxygen atoms in total. The molecule has 7 heteroatoms. The fourth-order valence-electron chi connectivity index (χ4n) is 1.51. The molecular weight excluding hydrogens is 287 g/mol. The zero-order valence-corrected chi connectivity index (χ0v) is 11.2. The van der Waals surface area contributed by atoms with E-state index < -0.39 is 0 Å². The molecule has 0 bridgehead atoms. The molecule has 0 saturated carbocycles. The van der Waals surface area contributed by atoms with Crippen molar-refractivity contribution in [3.8, 4) is 0 Å². The Morgan fingerprint density at radius 1 is 1.21 bits per heavy atom. The number of halogens is 2. The van der Waals surface area contributed by atoms with Crippen LogP contribution >= 0.6 is 23.2 Å². The second kappa shape index (κ2) is 5.88. The highest BCUT2D eigenvalue weighted by Crippen LogP contribution is 2.30. The molecule has 0 aliphatic heterocycles. The third-order valence-electron chi connectivity index (χ3n) is 2.42. The standard InChI is InChI=1S/C12H10Cl2N4O/c13-8-2-1-3-9(14)11(8)17-12(19)7-4-5-16-6-10(7)18-15/h1-6,18H,15H2,(H,17,19). The van der Waals surface area contributed by atoms with Crippen molar-refractivity contribution in [2.24, 2.45) is 5.84 Å². The Labute approximate surface area is 119 Å². The van der Waals surface area contributed by atoms with Crippen LogP contribution in [0.3, 0.4) is 0 Å². The first-order chi connectivity index (χ1) is 9.13. The van der Waals surface area contributed by atoms with Gasteiger partial charge in [-0.15, -0.1) is 0 Å². The number of para-hydroxylation sites is 1. The van der Waals surface area contributed by atoms with Crippen molar-refractivity contribution >= 4 is 40.5 Å². The minimum atomic E-state index is -0.384. The predicted molar refractivity (Wildman–Crippen MR) is 76.5 cm³/mol. The number of anilines is 2. The summed E-state index contributed by atoms with van der Waals surface area (Å²) in [5, 5.41) is 3.36.